The lowest BCUT2D eigenvalue weighted by Crippen LogP contribution is -2.13. The molecule has 2 aromatic heterocycles. The van der Waals surface area contributed by atoms with Gasteiger partial charge >= 0.3 is 0 Å². The van der Waals surface area contributed by atoms with Crippen LogP contribution in [0.4, 0.5) is 5.82 Å². The standard InChI is InChI=1S/C15H22N4OS/c1-9(2)15-19-12(8-21-15)11(5)18-13-14(20-10(3)4)17-7-6-16-13/h6-11H,1-5H3,(H,16,18). The van der Waals surface area contributed by atoms with Crippen LogP contribution in [0.3, 0.4) is 0 Å². The van der Waals surface area contributed by atoms with Gasteiger partial charge in [-0.15, -0.1) is 11.3 Å². The van der Waals surface area contributed by atoms with Gasteiger partial charge in [-0.2, -0.15) is 0 Å². The third-order valence-corrected chi connectivity index (χ3v) is 4.01. The Labute approximate surface area is 129 Å². The van der Waals surface area contributed by atoms with E-state index < -0.39 is 0 Å². The Morgan fingerprint density at radius 3 is 2.43 bits per heavy atom. The minimum Gasteiger partial charge on any atom is -0.472 e. The molecule has 0 aliphatic rings. The number of ether oxygens (including phenoxy) is 1. The lowest BCUT2D eigenvalue weighted by atomic mass is 10.2. The first-order valence-corrected chi connectivity index (χ1v) is 8.04. The summed E-state index contributed by atoms with van der Waals surface area (Å²) in [4.78, 5) is 13.2. The van der Waals surface area contributed by atoms with Crippen molar-refractivity contribution in [3.63, 3.8) is 0 Å². The quantitative estimate of drug-likeness (QED) is 0.873. The maximum Gasteiger partial charge on any atom is 0.257 e. The second-order valence-corrected chi connectivity index (χ2v) is 6.40. The first kappa shape index (κ1) is 15.7. The average molecular weight is 306 g/mol. The number of nitrogens with one attached hydrogen (secondary N) is 1. The van der Waals surface area contributed by atoms with Gasteiger partial charge in [0.2, 0.25) is 0 Å². The fraction of sp³-hybridized carbons (Fsp3) is 0.533. The molecule has 6 heteroatoms. The molecule has 114 valence electrons. The van der Waals surface area contributed by atoms with Gasteiger partial charge in [-0.05, 0) is 20.8 Å². The molecule has 0 radical (unpaired) electrons. The van der Waals surface area contributed by atoms with Crippen molar-refractivity contribution in [1.29, 1.82) is 0 Å². The van der Waals surface area contributed by atoms with Gasteiger partial charge in [0, 0.05) is 23.7 Å². The van der Waals surface area contributed by atoms with Crippen LogP contribution in [0.25, 0.3) is 0 Å². The second kappa shape index (κ2) is 6.85. The van der Waals surface area contributed by atoms with Crippen LogP contribution >= 0.6 is 11.3 Å². The smallest absolute Gasteiger partial charge is 0.257 e. The van der Waals surface area contributed by atoms with Gasteiger partial charge in [0.25, 0.3) is 5.88 Å². The Hall–Kier alpha value is -1.69. The first-order valence-electron chi connectivity index (χ1n) is 7.17. The predicted molar refractivity (Wildman–Crippen MR) is 86.0 cm³/mol. The van der Waals surface area contributed by atoms with Crippen LogP contribution in [0.5, 0.6) is 5.88 Å². The largest absolute Gasteiger partial charge is 0.472 e. The SMILES string of the molecule is CC(C)Oc1nccnc1NC(C)c1csc(C(C)C)n1. The first-order chi connectivity index (χ1) is 9.97. The molecule has 0 spiro atoms. The molecular weight excluding hydrogens is 284 g/mol. The minimum atomic E-state index is 0.0555. The summed E-state index contributed by atoms with van der Waals surface area (Å²) in [6, 6.07) is 0.0555. The number of anilines is 1. The molecule has 1 unspecified atom stereocenters. The molecule has 0 aliphatic carbocycles. The van der Waals surface area contributed by atoms with E-state index in [1.54, 1.807) is 23.7 Å². The van der Waals surface area contributed by atoms with Gasteiger partial charge in [0.05, 0.1) is 22.8 Å². The van der Waals surface area contributed by atoms with Crippen LogP contribution in [0, 0.1) is 0 Å². The van der Waals surface area contributed by atoms with Gasteiger partial charge in [-0.1, -0.05) is 13.8 Å². The van der Waals surface area contributed by atoms with E-state index in [2.05, 4.69) is 46.4 Å². The number of thiazole rings is 1. The molecule has 1 atom stereocenters. The van der Waals surface area contributed by atoms with Crippen molar-refractivity contribution in [3.8, 4) is 5.88 Å². The molecule has 5 nitrogen and oxygen atoms in total. The summed E-state index contributed by atoms with van der Waals surface area (Å²) in [6.07, 6.45) is 3.35. The summed E-state index contributed by atoms with van der Waals surface area (Å²) in [6.45, 7) is 10.3. The fourth-order valence-electron chi connectivity index (χ4n) is 1.78. The number of hydrogen-bond donors (Lipinski definition) is 1. The van der Waals surface area contributed by atoms with E-state index in [4.69, 9.17) is 4.74 Å². The van der Waals surface area contributed by atoms with E-state index in [1.165, 1.54) is 0 Å². The molecule has 0 saturated heterocycles. The molecule has 0 aliphatic heterocycles. The third-order valence-electron chi connectivity index (χ3n) is 2.84. The summed E-state index contributed by atoms with van der Waals surface area (Å²) in [5.41, 5.74) is 1.02. The normalized spacial score (nSPS) is 12.7. The molecule has 21 heavy (non-hydrogen) atoms. The zero-order valence-electron chi connectivity index (χ0n) is 13.1. The highest BCUT2D eigenvalue weighted by molar-refractivity contribution is 7.09. The van der Waals surface area contributed by atoms with Crippen molar-refractivity contribution in [2.24, 2.45) is 0 Å². The highest BCUT2D eigenvalue weighted by Crippen LogP contribution is 2.27. The van der Waals surface area contributed by atoms with E-state index in [0.717, 1.165) is 10.7 Å². The summed E-state index contributed by atoms with van der Waals surface area (Å²) < 4.78 is 5.67. The lowest BCUT2D eigenvalue weighted by molar-refractivity contribution is 0.233. The Morgan fingerprint density at radius 2 is 1.81 bits per heavy atom. The molecule has 1 N–H and O–H groups in total. The van der Waals surface area contributed by atoms with Crippen molar-refractivity contribution in [2.45, 2.75) is 52.7 Å². The second-order valence-electron chi connectivity index (χ2n) is 5.51. The molecule has 0 amide bonds. The van der Waals surface area contributed by atoms with Crippen LogP contribution in [-0.4, -0.2) is 21.1 Å². The monoisotopic (exact) mass is 306 g/mol. The molecular formula is C15H22N4OS. The van der Waals surface area contributed by atoms with Gasteiger partial charge in [-0.3, -0.25) is 0 Å². The minimum absolute atomic E-state index is 0.0555. The Balaban J connectivity index is 2.13. The van der Waals surface area contributed by atoms with Crippen LogP contribution in [0.2, 0.25) is 0 Å². The van der Waals surface area contributed by atoms with Gasteiger partial charge < -0.3 is 10.1 Å². The van der Waals surface area contributed by atoms with Crippen molar-refractivity contribution < 1.29 is 4.74 Å². The topological polar surface area (TPSA) is 59.9 Å². The maximum atomic E-state index is 5.67. The van der Waals surface area contributed by atoms with E-state index in [9.17, 15) is 0 Å². The predicted octanol–water partition coefficient (Wildman–Crippen LogP) is 4.02. The molecule has 0 fully saturated rings. The van der Waals surface area contributed by atoms with Gasteiger partial charge in [0.1, 0.15) is 0 Å². The maximum absolute atomic E-state index is 5.67. The van der Waals surface area contributed by atoms with Gasteiger partial charge in [0.15, 0.2) is 5.82 Å². The summed E-state index contributed by atoms with van der Waals surface area (Å²) in [7, 11) is 0. The highest BCUT2D eigenvalue weighted by Gasteiger charge is 2.15. The van der Waals surface area contributed by atoms with E-state index in [0.29, 0.717) is 17.6 Å². The van der Waals surface area contributed by atoms with Crippen LogP contribution in [0.1, 0.15) is 57.3 Å². The molecule has 0 bridgehead atoms. The Morgan fingerprint density at radius 1 is 1.10 bits per heavy atom. The number of rotatable bonds is 6. The van der Waals surface area contributed by atoms with Crippen LogP contribution < -0.4 is 10.1 Å². The molecule has 0 saturated carbocycles. The average Bonchev–Trinajstić information content (AvgIpc) is 2.90. The van der Waals surface area contributed by atoms with Crippen molar-refractivity contribution in [2.75, 3.05) is 5.32 Å². The zero-order chi connectivity index (χ0) is 15.4. The summed E-state index contributed by atoms with van der Waals surface area (Å²) in [5, 5.41) is 6.57. The lowest BCUT2D eigenvalue weighted by Gasteiger charge is -2.16. The van der Waals surface area contributed by atoms with E-state index >= 15 is 0 Å². The van der Waals surface area contributed by atoms with E-state index in [-0.39, 0.29) is 12.1 Å². The molecule has 2 rings (SSSR count). The molecule has 2 heterocycles. The molecule has 2 aromatic rings. The number of aromatic nitrogens is 3. The Bertz CT molecular complexity index is 583. The third kappa shape index (κ3) is 4.14. The van der Waals surface area contributed by atoms with Crippen LogP contribution in [0.15, 0.2) is 17.8 Å². The summed E-state index contributed by atoms with van der Waals surface area (Å²) >= 11 is 1.69. The summed E-state index contributed by atoms with van der Waals surface area (Å²) in [5.74, 6) is 1.63. The van der Waals surface area contributed by atoms with Crippen LogP contribution in [-0.2, 0) is 0 Å². The number of hydrogen-bond acceptors (Lipinski definition) is 6. The van der Waals surface area contributed by atoms with Crippen molar-refractivity contribution in [3.05, 3.63) is 28.5 Å². The fourth-order valence-corrected chi connectivity index (χ4v) is 2.71. The molecule has 0 aromatic carbocycles. The van der Waals surface area contributed by atoms with E-state index in [1.807, 2.05) is 13.8 Å². The van der Waals surface area contributed by atoms with Crippen molar-refractivity contribution >= 4 is 17.2 Å². The highest BCUT2D eigenvalue weighted by atomic mass is 32.1. The number of nitrogens with zero attached hydrogens (tertiary/aromatic N) is 3. The zero-order valence-corrected chi connectivity index (χ0v) is 13.9. The van der Waals surface area contributed by atoms with Crippen molar-refractivity contribution in [1.82, 2.24) is 15.0 Å². The van der Waals surface area contributed by atoms with Gasteiger partial charge in [-0.25, -0.2) is 15.0 Å². The Kier molecular flexibility index (Phi) is 5.12.